The Morgan fingerprint density at radius 1 is 0.704 bits per heavy atom. The van der Waals surface area contributed by atoms with Gasteiger partial charge in [-0.3, -0.25) is 27.8 Å². The molecule has 0 fully saturated rings. The molecule has 0 heterocycles. The highest BCUT2D eigenvalue weighted by Crippen LogP contribution is 2.68. The number of nitrogens with zero attached hydrogens (tertiary/aromatic N) is 1. The van der Waals surface area contributed by atoms with E-state index < -0.39 is 64.6 Å². The van der Waals surface area contributed by atoms with Crippen molar-refractivity contribution in [2.45, 2.75) is 24.9 Å². The zero-order valence-corrected chi connectivity index (χ0v) is 17.1. The van der Waals surface area contributed by atoms with Crippen molar-refractivity contribution in [1.82, 2.24) is 4.90 Å². The number of rotatable bonds is 8. The summed E-state index contributed by atoms with van der Waals surface area (Å²) in [6.45, 7) is 0.349. The van der Waals surface area contributed by atoms with E-state index in [4.69, 9.17) is 49.0 Å². The van der Waals surface area contributed by atoms with Gasteiger partial charge in [-0.2, -0.15) is 0 Å². The molecule has 0 rings (SSSR count). The van der Waals surface area contributed by atoms with Gasteiger partial charge in [-0.1, -0.05) is 0 Å². The van der Waals surface area contributed by atoms with Gasteiger partial charge in [0.05, 0.1) is 6.54 Å². The number of carboxylic acids is 1. The van der Waals surface area contributed by atoms with Crippen LogP contribution in [0.5, 0.6) is 0 Å². The number of ketones is 1. The fourth-order valence-electron chi connectivity index (χ4n) is 1.70. The second kappa shape index (κ2) is 9.95. The van der Waals surface area contributed by atoms with Crippen LogP contribution < -0.4 is 0 Å². The lowest BCUT2D eigenvalue weighted by Crippen LogP contribution is -2.45. The van der Waals surface area contributed by atoms with Gasteiger partial charge in [0.1, 0.15) is 5.78 Å². The minimum Gasteiger partial charge on any atom is -0.481 e. The molecule has 0 spiro atoms. The monoisotopic (exact) mass is 481 g/mol. The molecule has 0 aromatic heterocycles. The highest BCUT2D eigenvalue weighted by atomic mass is 31.2. The van der Waals surface area contributed by atoms with Crippen LogP contribution in [0.4, 0.5) is 0 Å². The molecular formula is C7H19NO15P4. The summed E-state index contributed by atoms with van der Waals surface area (Å²) in [4.78, 5) is 91.9. The standard InChI is InChI=1S/C5H15NO13P4.C2H4O2/c1-3(7)2-6(4(20(8,9)10)21(11,12)13)5(22(14,15)16)23(17,18)19;1-2(3)4/h4-5H,2H2,1H3,(H2,8,9,10)(H2,11,12,13)(H2,14,15,16)(H2,17,18,19);1H3,(H,3,4). The normalized spacial score (nSPS) is 13.5. The predicted molar refractivity (Wildman–Crippen MR) is 86.4 cm³/mol. The summed E-state index contributed by atoms with van der Waals surface area (Å²) in [7, 11) is -23.5. The third-order valence-corrected chi connectivity index (χ3v) is 9.41. The molecule has 0 atom stereocenters. The zero-order valence-electron chi connectivity index (χ0n) is 13.6. The van der Waals surface area contributed by atoms with Crippen molar-refractivity contribution < 1.29 is 72.1 Å². The van der Waals surface area contributed by atoms with E-state index in [2.05, 4.69) is 0 Å². The second-order valence-corrected chi connectivity index (χ2v) is 12.4. The maximum Gasteiger partial charge on any atom is 0.355 e. The average Bonchev–Trinajstić information content (AvgIpc) is 2.16. The molecule has 0 aromatic carbocycles. The van der Waals surface area contributed by atoms with Crippen molar-refractivity contribution >= 4 is 42.1 Å². The van der Waals surface area contributed by atoms with Crippen LogP contribution in [0.2, 0.25) is 0 Å². The van der Waals surface area contributed by atoms with Gasteiger partial charge in [-0.15, -0.1) is 0 Å². The highest BCUT2D eigenvalue weighted by molar-refractivity contribution is 7.72. The van der Waals surface area contributed by atoms with Gasteiger partial charge in [-0.25, -0.2) is 4.90 Å². The summed E-state index contributed by atoms with van der Waals surface area (Å²) in [6.07, 6.45) is 0. The molecule has 0 aromatic rings. The van der Waals surface area contributed by atoms with E-state index >= 15 is 0 Å². The zero-order chi connectivity index (χ0) is 22.6. The minimum absolute atomic E-state index is 0.536. The van der Waals surface area contributed by atoms with Gasteiger partial charge in [0.15, 0.2) is 0 Å². The van der Waals surface area contributed by atoms with Crippen LogP contribution in [0.1, 0.15) is 13.8 Å². The number of hydrogen-bond acceptors (Lipinski definition) is 7. The highest BCUT2D eigenvalue weighted by Gasteiger charge is 2.58. The number of carboxylic acid groups (broad SMARTS) is 1. The van der Waals surface area contributed by atoms with E-state index in [0.717, 1.165) is 6.92 Å². The Labute approximate surface area is 151 Å². The molecule has 27 heavy (non-hydrogen) atoms. The van der Waals surface area contributed by atoms with Crippen molar-refractivity contribution in [3.8, 4) is 0 Å². The lowest BCUT2D eigenvalue weighted by molar-refractivity contribution is -0.134. The van der Waals surface area contributed by atoms with Crippen molar-refractivity contribution in [1.29, 1.82) is 0 Å². The van der Waals surface area contributed by atoms with E-state index in [-0.39, 0.29) is 0 Å². The second-order valence-electron chi connectivity index (χ2n) is 4.94. The SMILES string of the molecule is CC(=O)CN(C(P(=O)(O)O)P(=O)(O)O)C(P(=O)(O)O)P(=O)(O)O.CC(=O)O. The van der Waals surface area contributed by atoms with Crippen LogP contribution >= 0.6 is 30.4 Å². The maximum atomic E-state index is 11.3. The number of carbonyl (C=O) groups is 2. The van der Waals surface area contributed by atoms with Crippen molar-refractivity contribution in [3.05, 3.63) is 0 Å². The third-order valence-electron chi connectivity index (χ3n) is 2.20. The fourth-order valence-corrected chi connectivity index (χ4v) is 7.67. The van der Waals surface area contributed by atoms with E-state index in [1.54, 1.807) is 0 Å². The fraction of sp³-hybridized carbons (Fsp3) is 0.714. The molecule has 0 aliphatic carbocycles. The lowest BCUT2D eigenvalue weighted by Gasteiger charge is -2.37. The van der Waals surface area contributed by atoms with Gasteiger partial charge in [0.2, 0.25) is 11.0 Å². The van der Waals surface area contributed by atoms with Gasteiger partial charge in [0, 0.05) is 6.92 Å². The topological polar surface area (TPSA) is 288 Å². The summed E-state index contributed by atoms with van der Waals surface area (Å²) in [5.41, 5.74) is -6.66. The molecule has 0 aliphatic heterocycles. The molecule has 0 aliphatic rings. The van der Waals surface area contributed by atoms with Crippen molar-refractivity contribution in [3.63, 3.8) is 0 Å². The molecule has 0 saturated carbocycles. The van der Waals surface area contributed by atoms with Crippen molar-refractivity contribution in [2.24, 2.45) is 0 Å². The van der Waals surface area contributed by atoms with Crippen LogP contribution in [0.15, 0.2) is 0 Å². The van der Waals surface area contributed by atoms with Gasteiger partial charge < -0.3 is 44.3 Å². The Bertz CT molecular complexity index is 628. The Kier molecular flexibility index (Phi) is 10.7. The lowest BCUT2D eigenvalue weighted by atomic mass is 10.4. The minimum atomic E-state index is -5.88. The Morgan fingerprint density at radius 3 is 1.00 bits per heavy atom. The van der Waals surface area contributed by atoms with Gasteiger partial charge in [-0.05, 0) is 6.92 Å². The Morgan fingerprint density at radius 2 is 0.889 bits per heavy atom. The van der Waals surface area contributed by atoms with Gasteiger partial charge in [0.25, 0.3) is 5.97 Å². The van der Waals surface area contributed by atoms with E-state index in [0.29, 0.717) is 6.92 Å². The van der Waals surface area contributed by atoms with Gasteiger partial charge >= 0.3 is 30.4 Å². The largest absolute Gasteiger partial charge is 0.481 e. The quantitative estimate of drug-likeness (QED) is 0.174. The summed E-state index contributed by atoms with van der Waals surface area (Å²) >= 11 is 0. The molecular weight excluding hydrogens is 462 g/mol. The molecule has 16 nitrogen and oxygen atoms in total. The van der Waals surface area contributed by atoms with Crippen LogP contribution in [-0.4, -0.2) is 78.5 Å². The molecule has 162 valence electrons. The van der Waals surface area contributed by atoms with Crippen LogP contribution in [0.3, 0.4) is 0 Å². The Balaban J connectivity index is 0. The summed E-state index contributed by atoms with van der Waals surface area (Å²) in [5.74, 6) is -1.95. The number of carbonyl (C=O) groups excluding carboxylic acids is 1. The van der Waals surface area contributed by atoms with Crippen LogP contribution in [0, 0.1) is 0 Å². The molecule has 0 saturated heterocycles. The van der Waals surface area contributed by atoms with Crippen molar-refractivity contribution in [2.75, 3.05) is 6.54 Å². The molecule has 0 amide bonds. The average molecular weight is 481 g/mol. The first-order chi connectivity index (χ1) is 11.5. The Hall–Kier alpha value is -0.300. The number of aliphatic carboxylic acids is 1. The third kappa shape index (κ3) is 11.3. The summed E-state index contributed by atoms with van der Waals surface area (Å²) < 4.78 is 45.2. The first-order valence-corrected chi connectivity index (χ1v) is 12.9. The molecule has 0 bridgehead atoms. The predicted octanol–water partition coefficient (Wildman–Crippen LogP) is -1.75. The molecule has 0 radical (unpaired) electrons. The molecule has 20 heteroatoms. The van der Waals surface area contributed by atoms with Crippen LogP contribution in [0.25, 0.3) is 0 Å². The van der Waals surface area contributed by atoms with E-state index in [1.807, 2.05) is 0 Å². The van der Waals surface area contributed by atoms with E-state index in [9.17, 15) is 23.1 Å². The van der Waals surface area contributed by atoms with Crippen LogP contribution in [-0.2, 0) is 27.8 Å². The first-order valence-electron chi connectivity index (χ1n) is 6.18. The first kappa shape index (κ1) is 28.9. The smallest absolute Gasteiger partial charge is 0.355 e. The van der Waals surface area contributed by atoms with E-state index in [1.165, 1.54) is 0 Å². The maximum absolute atomic E-state index is 11.3. The molecule has 0 unspecified atom stereocenters. The molecule has 9 N–H and O–H groups in total. The number of hydrogen-bond donors (Lipinski definition) is 9. The summed E-state index contributed by atoms with van der Waals surface area (Å²) in [5, 5.41) is 7.42. The number of Topliss-reactive ketones (excluding diaryl/α,β-unsaturated/α-hetero) is 1. The summed E-state index contributed by atoms with van der Waals surface area (Å²) in [6, 6.07) is 0.